The molecule has 5 rings (SSSR count). The maximum Gasteiger partial charge on any atom is 0.273 e. The maximum absolute atomic E-state index is 12.9. The Balaban J connectivity index is 1.29. The van der Waals surface area contributed by atoms with E-state index in [0.717, 1.165) is 11.3 Å². The number of nitrogens with one attached hydrogen (secondary N) is 2. The summed E-state index contributed by atoms with van der Waals surface area (Å²) in [6.45, 7) is 2.21. The van der Waals surface area contributed by atoms with Crippen molar-refractivity contribution in [2.24, 2.45) is 0 Å². The Morgan fingerprint density at radius 3 is 2.86 bits per heavy atom. The molecule has 3 aromatic rings. The fraction of sp³-hybridized carbons (Fsp3) is 0.261. The van der Waals surface area contributed by atoms with E-state index in [0.29, 0.717) is 28.4 Å². The number of amides is 4. The van der Waals surface area contributed by atoms with Crippen LogP contribution in [0.2, 0.25) is 5.02 Å². The minimum Gasteiger partial charge on any atom is -0.345 e. The molecule has 4 heterocycles. The minimum absolute atomic E-state index is 0.107. The number of benzene rings is 1. The van der Waals surface area contributed by atoms with Crippen LogP contribution < -0.4 is 10.6 Å². The Hall–Kier alpha value is -4.12. The third kappa shape index (κ3) is 4.37. The Morgan fingerprint density at radius 2 is 2.06 bits per heavy atom. The first-order valence-corrected chi connectivity index (χ1v) is 11.3. The van der Waals surface area contributed by atoms with Gasteiger partial charge in [-0.15, -0.1) is 5.10 Å². The molecule has 35 heavy (non-hydrogen) atoms. The lowest BCUT2D eigenvalue weighted by Crippen LogP contribution is -2.52. The fourth-order valence-corrected chi connectivity index (χ4v) is 4.34. The van der Waals surface area contributed by atoms with Crippen molar-refractivity contribution in [2.75, 3.05) is 0 Å². The number of nitrogens with zero attached hydrogens (tertiary/aromatic N) is 5. The van der Waals surface area contributed by atoms with E-state index in [9.17, 15) is 19.2 Å². The molecule has 11 nitrogen and oxygen atoms in total. The summed E-state index contributed by atoms with van der Waals surface area (Å²) in [4.78, 5) is 54.9. The molecule has 0 spiro atoms. The van der Waals surface area contributed by atoms with Crippen molar-refractivity contribution in [1.82, 2.24) is 35.5 Å². The van der Waals surface area contributed by atoms with Gasteiger partial charge in [-0.05, 0) is 49.2 Å². The van der Waals surface area contributed by atoms with E-state index in [2.05, 4.69) is 25.9 Å². The normalized spacial score (nSPS) is 17.4. The molecule has 1 aromatic carbocycles. The zero-order chi connectivity index (χ0) is 24.7. The highest BCUT2D eigenvalue weighted by molar-refractivity contribution is 6.31. The van der Waals surface area contributed by atoms with E-state index < -0.39 is 17.9 Å². The average molecular weight is 494 g/mol. The molecule has 1 fully saturated rings. The molecule has 2 aromatic heterocycles. The summed E-state index contributed by atoms with van der Waals surface area (Å²) in [6.07, 6.45) is 1.97. The monoisotopic (exact) mass is 493 g/mol. The topological polar surface area (TPSA) is 139 Å². The average Bonchev–Trinajstić information content (AvgIpc) is 3.45. The van der Waals surface area contributed by atoms with Crippen LogP contribution in [0.15, 0.2) is 36.5 Å². The number of fused-ring (bicyclic) bond motifs is 1. The van der Waals surface area contributed by atoms with E-state index in [1.54, 1.807) is 30.3 Å². The van der Waals surface area contributed by atoms with Gasteiger partial charge in [-0.3, -0.25) is 29.5 Å². The van der Waals surface area contributed by atoms with Crippen molar-refractivity contribution in [1.29, 1.82) is 0 Å². The number of piperidine rings is 1. The SMILES string of the molecule is Cc1ccc(Cl)c(CNC(=O)c2cn(-c3ccc4c(c3)CN(C3CCC(=O)NC3=O)C4=O)nn2)n1. The van der Waals surface area contributed by atoms with Crippen LogP contribution in [0.3, 0.4) is 0 Å². The summed E-state index contributed by atoms with van der Waals surface area (Å²) in [5.41, 5.74) is 3.26. The van der Waals surface area contributed by atoms with Crippen LogP contribution in [-0.4, -0.2) is 54.5 Å². The van der Waals surface area contributed by atoms with Gasteiger partial charge >= 0.3 is 0 Å². The van der Waals surface area contributed by atoms with Gasteiger partial charge in [0.1, 0.15) is 6.04 Å². The number of aryl methyl sites for hydroxylation is 1. The van der Waals surface area contributed by atoms with Gasteiger partial charge in [0.15, 0.2) is 5.69 Å². The highest BCUT2D eigenvalue weighted by Gasteiger charge is 2.39. The van der Waals surface area contributed by atoms with Gasteiger partial charge in [0.2, 0.25) is 11.8 Å². The quantitative estimate of drug-likeness (QED) is 0.511. The predicted octanol–water partition coefficient (Wildman–Crippen LogP) is 1.32. The molecule has 4 amide bonds. The Morgan fingerprint density at radius 1 is 1.23 bits per heavy atom. The first-order valence-electron chi connectivity index (χ1n) is 10.9. The van der Waals surface area contributed by atoms with Crippen molar-refractivity contribution in [3.05, 3.63) is 69.8 Å². The van der Waals surface area contributed by atoms with E-state index in [1.807, 2.05) is 6.92 Å². The summed E-state index contributed by atoms with van der Waals surface area (Å²) in [7, 11) is 0. The number of aromatic nitrogens is 4. The number of hydrogen-bond donors (Lipinski definition) is 2. The second-order valence-electron chi connectivity index (χ2n) is 8.35. The van der Waals surface area contributed by atoms with Gasteiger partial charge in [0.05, 0.1) is 29.1 Å². The number of rotatable bonds is 5. The Kier molecular flexibility index (Phi) is 5.77. The highest BCUT2D eigenvalue weighted by Crippen LogP contribution is 2.29. The number of imide groups is 1. The first kappa shape index (κ1) is 22.7. The lowest BCUT2D eigenvalue weighted by Gasteiger charge is -2.29. The number of carbonyl (C=O) groups is 4. The molecule has 2 aliphatic heterocycles. The van der Waals surface area contributed by atoms with Gasteiger partial charge in [-0.2, -0.15) is 0 Å². The summed E-state index contributed by atoms with van der Waals surface area (Å²) < 4.78 is 1.44. The standard InChI is InChI=1S/C23H20ClN7O4/c1-12-2-5-16(24)17(26-12)9-25-21(33)18-11-31(29-28-18)14-3-4-15-13(8-14)10-30(23(15)35)19-6-7-20(32)27-22(19)34/h2-5,8,11,19H,6-7,9-10H2,1H3,(H,25,33)(H,27,32,34). The van der Waals surface area contributed by atoms with E-state index in [1.165, 1.54) is 15.8 Å². The molecule has 178 valence electrons. The molecule has 2 aliphatic rings. The third-order valence-corrected chi connectivity index (χ3v) is 6.32. The van der Waals surface area contributed by atoms with E-state index in [4.69, 9.17) is 11.6 Å². The largest absolute Gasteiger partial charge is 0.345 e. The number of halogens is 1. The van der Waals surface area contributed by atoms with Crippen LogP contribution in [0.1, 0.15) is 50.6 Å². The van der Waals surface area contributed by atoms with E-state index >= 15 is 0 Å². The molecular formula is C23H20ClN7O4. The molecule has 1 unspecified atom stereocenters. The maximum atomic E-state index is 12.9. The molecule has 0 aliphatic carbocycles. The molecular weight excluding hydrogens is 474 g/mol. The second kappa shape index (κ2) is 8.91. The first-order chi connectivity index (χ1) is 16.8. The lowest BCUT2D eigenvalue weighted by atomic mass is 10.0. The van der Waals surface area contributed by atoms with Crippen LogP contribution in [0.25, 0.3) is 5.69 Å². The molecule has 2 N–H and O–H groups in total. The van der Waals surface area contributed by atoms with Crippen LogP contribution in [0, 0.1) is 6.92 Å². The zero-order valence-corrected chi connectivity index (χ0v) is 19.4. The van der Waals surface area contributed by atoms with Crippen LogP contribution >= 0.6 is 11.6 Å². The molecule has 0 radical (unpaired) electrons. The lowest BCUT2D eigenvalue weighted by molar-refractivity contribution is -0.136. The highest BCUT2D eigenvalue weighted by atomic mass is 35.5. The van der Waals surface area contributed by atoms with Crippen molar-refractivity contribution >= 4 is 35.2 Å². The molecule has 0 saturated carbocycles. The summed E-state index contributed by atoms with van der Waals surface area (Å²) in [5, 5.41) is 13.5. The Bertz CT molecular complexity index is 1390. The Labute approximate surface area is 204 Å². The summed E-state index contributed by atoms with van der Waals surface area (Å²) in [5.74, 6) is -1.49. The third-order valence-electron chi connectivity index (χ3n) is 5.97. The van der Waals surface area contributed by atoms with Crippen molar-refractivity contribution in [3.8, 4) is 5.69 Å². The summed E-state index contributed by atoms with van der Waals surface area (Å²) in [6, 6.07) is 7.94. The van der Waals surface area contributed by atoms with E-state index in [-0.39, 0.29) is 37.0 Å². The smallest absolute Gasteiger partial charge is 0.273 e. The predicted molar refractivity (Wildman–Crippen MR) is 123 cm³/mol. The van der Waals surface area contributed by atoms with Gasteiger partial charge in [0, 0.05) is 24.2 Å². The fourth-order valence-electron chi connectivity index (χ4n) is 4.17. The van der Waals surface area contributed by atoms with Crippen LogP contribution in [0.4, 0.5) is 0 Å². The number of hydrogen-bond acceptors (Lipinski definition) is 7. The van der Waals surface area contributed by atoms with Crippen molar-refractivity contribution < 1.29 is 19.2 Å². The van der Waals surface area contributed by atoms with Gasteiger partial charge in [-0.1, -0.05) is 16.8 Å². The number of carbonyl (C=O) groups excluding carboxylic acids is 4. The van der Waals surface area contributed by atoms with Crippen molar-refractivity contribution in [3.63, 3.8) is 0 Å². The van der Waals surface area contributed by atoms with Gasteiger partial charge in [0.25, 0.3) is 11.8 Å². The zero-order valence-electron chi connectivity index (χ0n) is 18.6. The molecule has 0 bridgehead atoms. The minimum atomic E-state index is -0.686. The molecule has 1 saturated heterocycles. The van der Waals surface area contributed by atoms with Crippen LogP contribution in [-0.2, 0) is 22.7 Å². The van der Waals surface area contributed by atoms with Crippen molar-refractivity contribution in [2.45, 2.75) is 38.9 Å². The van der Waals surface area contributed by atoms with Crippen LogP contribution in [0.5, 0.6) is 0 Å². The van der Waals surface area contributed by atoms with Gasteiger partial charge in [-0.25, -0.2) is 4.68 Å². The molecule has 12 heteroatoms. The second-order valence-corrected chi connectivity index (χ2v) is 8.76. The summed E-state index contributed by atoms with van der Waals surface area (Å²) >= 11 is 6.13. The van der Waals surface area contributed by atoms with Gasteiger partial charge < -0.3 is 10.2 Å². The molecule has 1 atom stereocenters. The number of pyridine rings is 1.